The van der Waals surface area contributed by atoms with E-state index in [1.165, 1.54) is 45.7 Å². The van der Waals surface area contributed by atoms with Crippen LogP contribution in [-0.4, -0.2) is 42.6 Å². The van der Waals surface area contributed by atoms with Gasteiger partial charge in [-0.2, -0.15) is 0 Å². The maximum atomic E-state index is 2.67. The van der Waals surface area contributed by atoms with Crippen LogP contribution in [0.5, 0.6) is 0 Å². The Hall–Kier alpha value is -0.0800. The van der Waals surface area contributed by atoms with E-state index < -0.39 is 0 Å². The first-order valence-corrected chi connectivity index (χ1v) is 8.11. The average molecular weight is 266 g/mol. The summed E-state index contributed by atoms with van der Waals surface area (Å²) in [7, 11) is 0. The van der Waals surface area contributed by atoms with Crippen LogP contribution < -0.4 is 0 Å². The summed E-state index contributed by atoms with van der Waals surface area (Å²) in [6, 6.07) is 0. The van der Waals surface area contributed by atoms with Gasteiger partial charge in [-0.15, -0.1) is 0 Å². The van der Waals surface area contributed by atoms with Crippen molar-refractivity contribution in [3.63, 3.8) is 0 Å². The molecule has 2 heteroatoms. The first-order valence-electron chi connectivity index (χ1n) is 8.11. The van der Waals surface area contributed by atoms with E-state index in [1.54, 1.807) is 0 Å². The third-order valence-electron chi connectivity index (χ3n) is 5.39. The lowest BCUT2D eigenvalue weighted by atomic mass is 9.75. The Balaban J connectivity index is 1.68. The fourth-order valence-corrected chi connectivity index (χ4v) is 3.46. The van der Waals surface area contributed by atoms with Crippen molar-refractivity contribution in [3.05, 3.63) is 0 Å². The molecule has 112 valence electrons. The second-order valence-electron chi connectivity index (χ2n) is 9.00. The van der Waals surface area contributed by atoms with Gasteiger partial charge in [0.1, 0.15) is 0 Å². The maximum Gasteiger partial charge on any atom is 0.0506 e. The number of piperidine rings is 1. The largest absolute Gasteiger partial charge is 0.290 e. The molecule has 0 aromatic heterocycles. The van der Waals surface area contributed by atoms with Gasteiger partial charge in [-0.1, -0.05) is 41.5 Å². The Kier molecular flexibility index (Phi) is 4.32. The van der Waals surface area contributed by atoms with Crippen LogP contribution in [0.2, 0.25) is 0 Å². The van der Waals surface area contributed by atoms with Gasteiger partial charge in [0, 0.05) is 13.1 Å². The number of nitrogens with zero attached hydrogens (tertiary/aromatic N) is 2. The lowest BCUT2D eigenvalue weighted by molar-refractivity contribution is -0.0262. The van der Waals surface area contributed by atoms with Gasteiger partial charge >= 0.3 is 0 Å². The van der Waals surface area contributed by atoms with Crippen LogP contribution >= 0.6 is 0 Å². The summed E-state index contributed by atoms with van der Waals surface area (Å²) in [4.78, 5) is 5.30. The normalized spacial score (nSPS) is 25.6. The standard InChI is InChI=1S/C17H34N2/c1-16(2,3)14-7-9-18(10-8-14)13-19-11-15(12-19)17(4,5)6/h14-15H,7-13H2,1-6H3. The minimum atomic E-state index is 0.496. The highest BCUT2D eigenvalue weighted by atomic mass is 15.3. The van der Waals surface area contributed by atoms with Crippen molar-refractivity contribution in [2.45, 2.75) is 54.4 Å². The summed E-state index contributed by atoms with van der Waals surface area (Å²) in [5.41, 5.74) is 0.996. The van der Waals surface area contributed by atoms with Crippen LogP contribution in [0.3, 0.4) is 0 Å². The third kappa shape index (κ3) is 3.95. The monoisotopic (exact) mass is 266 g/mol. The van der Waals surface area contributed by atoms with Crippen LogP contribution in [0.25, 0.3) is 0 Å². The van der Waals surface area contributed by atoms with Gasteiger partial charge in [0.05, 0.1) is 6.67 Å². The zero-order valence-corrected chi connectivity index (χ0v) is 14.0. The molecule has 19 heavy (non-hydrogen) atoms. The first-order chi connectivity index (χ1) is 8.66. The Morgan fingerprint density at radius 2 is 1.21 bits per heavy atom. The molecule has 0 aliphatic carbocycles. The number of rotatable bonds is 2. The molecule has 2 aliphatic rings. The summed E-state index contributed by atoms with van der Waals surface area (Å²) in [6.45, 7) is 20.8. The fourth-order valence-electron chi connectivity index (χ4n) is 3.46. The summed E-state index contributed by atoms with van der Waals surface area (Å²) in [5.74, 6) is 1.82. The molecule has 2 nitrogen and oxygen atoms in total. The van der Waals surface area contributed by atoms with Crippen LogP contribution in [0.15, 0.2) is 0 Å². The molecule has 2 heterocycles. The molecular weight excluding hydrogens is 232 g/mol. The van der Waals surface area contributed by atoms with Gasteiger partial charge in [0.25, 0.3) is 0 Å². The van der Waals surface area contributed by atoms with E-state index >= 15 is 0 Å². The maximum absolute atomic E-state index is 2.67. The molecule has 2 rings (SSSR count). The quantitative estimate of drug-likeness (QED) is 0.752. The number of hydrogen-bond donors (Lipinski definition) is 0. The van der Waals surface area contributed by atoms with E-state index in [2.05, 4.69) is 51.3 Å². The predicted octanol–water partition coefficient (Wildman–Crippen LogP) is 3.68. The highest BCUT2D eigenvalue weighted by molar-refractivity contribution is 4.88. The summed E-state index contributed by atoms with van der Waals surface area (Å²) in [6.07, 6.45) is 2.78. The molecule has 2 aliphatic heterocycles. The summed E-state index contributed by atoms with van der Waals surface area (Å²) in [5, 5.41) is 0. The SMILES string of the molecule is CC(C)(C)C1CCN(CN2CC(C(C)(C)C)C2)CC1. The van der Waals surface area contributed by atoms with E-state index in [-0.39, 0.29) is 0 Å². The molecule has 0 saturated carbocycles. The molecule has 0 spiro atoms. The Morgan fingerprint density at radius 1 is 0.737 bits per heavy atom. The molecule has 0 unspecified atom stereocenters. The van der Waals surface area contributed by atoms with Gasteiger partial charge in [-0.3, -0.25) is 9.80 Å². The van der Waals surface area contributed by atoms with Crippen molar-refractivity contribution in [3.8, 4) is 0 Å². The van der Waals surface area contributed by atoms with Crippen molar-refractivity contribution < 1.29 is 0 Å². The predicted molar refractivity (Wildman–Crippen MR) is 83.1 cm³/mol. The molecule has 0 radical (unpaired) electrons. The minimum absolute atomic E-state index is 0.496. The summed E-state index contributed by atoms with van der Waals surface area (Å²) >= 11 is 0. The van der Waals surface area contributed by atoms with Gasteiger partial charge in [-0.05, 0) is 48.6 Å². The van der Waals surface area contributed by atoms with E-state index in [0.29, 0.717) is 10.8 Å². The van der Waals surface area contributed by atoms with Crippen molar-refractivity contribution in [2.75, 3.05) is 32.8 Å². The molecule has 0 aromatic rings. The van der Waals surface area contributed by atoms with E-state index in [1.807, 2.05) is 0 Å². The Labute approximate surface area is 120 Å². The molecule has 0 N–H and O–H groups in total. The lowest BCUT2D eigenvalue weighted by Gasteiger charge is -2.49. The number of likely N-dealkylation sites (tertiary alicyclic amines) is 2. The van der Waals surface area contributed by atoms with Crippen molar-refractivity contribution in [1.29, 1.82) is 0 Å². The molecule has 2 fully saturated rings. The van der Waals surface area contributed by atoms with Gasteiger partial charge in [0.15, 0.2) is 0 Å². The number of hydrogen-bond acceptors (Lipinski definition) is 2. The highest BCUT2D eigenvalue weighted by Gasteiger charge is 2.37. The second-order valence-corrected chi connectivity index (χ2v) is 9.00. The average Bonchev–Trinajstić information content (AvgIpc) is 2.20. The van der Waals surface area contributed by atoms with Crippen molar-refractivity contribution in [1.82, 2.24) is 9.80 Å². The first kappa shape index (κ1) is 15.3. The molecule has 0 aromatic carbocycles. The summed E-state index contributed by atoms with van der Waals surface area (Å²) < 4.78 is 0. The molecular formula is C17H34N2. The highest BCUT2D eigenvalue weighted by Crippen LogP contribution is 2.36. The molecule has 0 amide bonds. The van der Waals surface area contributed by atoms with Crippen LogP contribution in [0, 0.1) is 22.7 Å². The van der Waals surface area contributed by atoms with Crippen LogP contribution in [0.4, 0.5) is 0 Å². The van der Waals surface area contributed by atoms with Crippen molar-refractivity contribution in [2.24, 2.45) is 22.7 Å². The van der Waals surface area contributed by atoms with Gasteiger partial charge < -0.3 is 0 Å². The zero-order chi connectivity index (χ0) is 14.3. The van der Waals surface area contributed by atoms with Crippen molar-refractivity contribution >= 4 is 0 Å². The molecule has 2 saturated heterocycles. The molecule has 0 bridgehead atoms. The Bertz CT molecular complexity index is 283. The van der Waals surface area contributed by atoms with Crippen LogP contribution in [-0.2, 0) is 0 Å². The van der Waals surface area contributed by atoms with E-state index in [4.69, 9.17) is 0 Å². The van der Waals surface area contributed by atoms with E-state index in [0.717, 1.165) is 11.8 Å². The van der Waals surface area contributed by atoms with Gasteiger partial charge in [-0.25, -0.2) is 0 Å². The smallest absolute Gasteiger partial charge is 0.0506 e. The topological polar surface area (TPSA) is 6.48 Å². The second kappa shape index (κ2) is 5.37. The van der Waals surface area contributed by atoms with E-state index in [9.17, 15) is 0 Å². The Morgan fingerprint density at radius 3 is 1.63 bits per heavy atom. The lowest BCUT2D eigenvalue weighted by Crippen LogP contribution is -2.56. The molecule has 0 atom stereocenters. The van der Waals surface area contributed by atoms with Crippen LogP contribution in [0.1, 0.15) is 54.4 Å². The minimum Gasteiger partial charge on any atom is -0.290 e. The fraction of sp³-hybridized carbons (Fsp3) is 1.00. The van der Waals surface area contributed by atoms with Gasteiger partial charge in [0.2, 0.25) is 0 Å². The third-order valence-corrected chi connectivity index (χ3v) is 5.39. The zero-order valence-electron chi connectivity index (χ0n) is 14.0.